The highest BCUT2D eigenvalue weighted by Crippen LogP contribution is 2.23. The summed E-state index contributed by atoms with van der Waals surface area (Å²) in [4.78, 5) is 1.93. The molecular formula is C12H11ClF3N3OS. The summed E-state index contributed by atoms with van der Waals surface area (Å²) >= 11 is 7.03. The molecule has 0 atom stereocenters. The number of ether oxygens (including phenoxy) is 1. The van der Waals surface area contributed by atoms with E-state index in [1.165, 1.54) is 12.1 Å². The first-order chi connectivity index (χ1) is 9.83. The van der Waals surface area contributed by atoms with Gasteiger partial charge in [0.15, 0.2) is 0 Å². The van der Waals surface area contributed by atoms with Gasteiger partial charge in [-0.2, -0.15) is 0 Å². The Morgan fingerprint density at radius 1 is 1.24 bits per heavy atom. The molecule has 4 nitrogen and oxygen atoms in total. The van der Waals surface area contributed by atoms with E-state index in [0.29, 0.717) is 23.1 Å². The Morgan fingerprint density at radius 2 is 1.90 bits per heavy atom. The summed E-state index contributed by atoms with van der Waals surface area (Å²) < 4.78 is 44.2. The van der Waals surface area contributed by atoms with Crippen LogP contribution in [0.3, 0.4) is 0 Å². The number of benzene rings is 1. The highest BCUT2D eigenvalue weighted by molar-refractivity contribution is 7.10. The molecule has 0 saturated heterocycles. The lowest BCUT2D eigenvalue weighted by Crippen LogP contribution is -2.18. The third-order valence-electron chi connectivity index (χ3n) is 2.54. The van der Waals surface area contributed by atoms with Gasteiger partial charge < -0.3 is 4.74 Å². The number of nitrogens with zero attached hydrogens (tertiary/aromatic N) is 3. The lowest BCUT2D eigenvalue weighted by Gasteiger charge is -2.16. The summed E-state index contributed by atoms with van der Waals surface area (Å²) in [6.45, 7) is 1.05. The van der Waals surface area contributed by atoms with Gasteiger partial charge in [-0.05, 0) is 24.7 Å². The Morgan fingerprint density at radius 3 is 2.43 bits per heavy atom. The average molecular weight is 338 g/mol. The number of rotatable bonds is 5. The first kappa shape index (κ1) is 16.0. The molecular weight excluding hydrogens is 327 g/mol. The molecule has 1 heterocycles. The van der Waals surface area contributed by atoms with Gasteiger partial charge in [0.25, 0.3) is 0 Å². The van der Waals surface area contributed by atoms with Gasteiger partial charge in [0.1, 0.15) is 15.8 Å². The zero-order valence-corrected chi connectivity index (χ0v) is 12.5. The Bertz CT molecular complexity index is 588. The molecule has 1 aromatic heterocycles. The van der Waals surface area contributed by atoms with Crippen LogP contribution in [0, 0.1) is 0 Å². The molecule has 0 unspecified atom stereocenters. The largest absolute Gasteiger partial charge is 0.573 e. The van der Waals surface area contributed by atoms with Gasteiger partial charge in [-0.1, -0.05) is 28.2 Å². The number of aromatic nitrogens is 2. The molecule has 2 aromatic rings. The number of alkyl halides is 3. The van der Waals surface area contributed by atoms with E-state index in [0.717, 1.165) is 17.1 Å². The number of halogens is 4. The van der Waals surface area contributed by atoms with Crippen molar-refractivity contribution in [3.05, 3.63) is 39.9 Å². The van der Waals surface area contributed by atoms with Gasteiger partial charge in [0.05, 0.1) is 0 Å². The average Bonchev–Trinajstić information content (AvgIpc) is 2.76. The fourth-order valence-corrected chi connectivity index (χ4v) is 2.32. The molecule has 0 saturated carbocycles. The van der Waals surface area contributed by atoms with Gasteiger partial charge >= 0.3 is 6.36 Å². The molecule has 0 fully saturated rings. The van der Waals surface area contributed by atoms with Crippen LogP contribution in [0.4, 0.5) is 13.2 Å². The minimum atomic E-state index is -4.67. The Hall–Kier alpha value is -1.38. The normalized spacial score (nSPS) is 11.9. The zero-order chi connectivity index (χ0) is 15.5. The van der Waals surface area contributed by atoms with Crippen LogP contribution in [0.2, 0.25) is 4.34 Å². The third-order valence-corrected chi connectivity index (χ3v) is 3.52. The molecule has 0 aliphatic heterocycles. The lowest BCUT2D eigenvalue weighted by atomic mass is 10.2. The van der Waals surface area contributed by atoms with Crippen molar-refractivity contribution in [2.24, 2.45) is 0 Å². The molecule has 0 spiro atoms. The van der Waals surface area contributed by atoms with Crippen LogP contribution in [0.5, 0.6) is 5.75 Å². The second kappa shape index (κ2) is 6.59. The number of hydrogen-bond acceptors (Lipinski definition) is 5. The maximum Gasteiger partial charge on any atom is 0.573 e. The van der Waals surface area contributed by atoms with Gasteiger partial charge in [-0.3, -0.25) is 4.90 Å². The summed E-state index contributed by atoms with van der Waals surface area (Å²) in [5.74, 6) is -0.236. The topological polar surface area (TPSA) is 38.2 Å². The quantitative estimate of drug-likeness (QED) is 0.833. The van der Waals surface area contributed by atoms with Crippen molar-refractivity contribution in [2.45, 2.75) is 19.5 Å². The monoisotopic (exact) mass is 337 g/mol. The van der Waals surface area contributed by atoms with Crippen LogP contribution >= 0.6 is 23.1 Å². The van der Waals surface area contributed by atoms with Crippen LogP contribution in [-0.4, -0.2) is 27.9 Å². The molecule has 0 aliphatic rings. The molecule has 9 heteroatoms. The number of hydrogen-bond donors (Lipinski definition) is 0. The zero-order valence-electron chi connectivity index (χ0n) is 10.9. The summed E-state index contributed by atoms with van der Waals surface area (Å²) in [5, 5.41) is 3.90. The van der Waals surface area contributed by atoms with E-state index in [9.17, 15) is 13.2 Å². The first-order valence-electron chi connectivity index (χ1n) is 5.83. The van der Waals surface area contributed by atoms with Crippen LogP contribution in [0.15, 0.2) is 24.3 Å². The van der Waals surface area contributed by atoms with Gasteiger partial charge in [-0.15, -0.1) is 18.3 Å². The fraction of sp³-hybridized carbons (Fsp3) is 0.333. The molecule has 2 rings (SSSR count). The Labute approximate surface area is 128 Å². The van der Waals surface area contributed by atoms with Crippen molar-refractivity contribution in [3.8, 4) is 5.75 Å². The van der Waals surface area contributed by atoms with E-state index in [1.807, 2.05) is 11.9 Å². The minimum Gasteiger partial charge on any atom is -0.406 e. The Balaban J connectivity index is 1.92. The second-order valence-electron chi connectivity index (χ2n) is 4.36. The van der Waals surface area contributed by atoms with E-state index in [2.05, 4.69) is 14.3 Å². The smallest absolute Gasteiger partial charge is 0.406 e. The van der Waals surface area contributed by atoms with Crippen molar-refractivity contribution < 1.29 is 17.9 Å². The first-order valence-corrected chi connectivity index (χ1v) is 6.98. The second-order valence-corrected chi connectivity index (χ2v) is 5.71. The summed E-state index contributed by atoms with van der Waals surface area (Å²) in [5.41, 5.74) is 1.53. The van der Waals surface area contributed by atoms with Gasteiger partial charge in [0, 0.05) is 24.6 Å². The molecule has 0 amide bonds. The highest BCUT2D eigenvalue weighted by atomic mass is 35.5. The van der Waals surface area contributed by atoms with E-state index < -0.39 is 6.36 Å². The van der Waals surface area contributed by atoms with Crippen molar-refractivity contribution >= 4 is 23.1 Å². The standard InChI is InChI=1S/C12H11ClF3N3OS/c1-19(7-10-11(13)21-18-17-10)6-8-2-4-9(5-3-8)20-12(14,15)16/h2-5H,6-7H2,1H3. The maximum absolute atomic E-state index is 12.0. The maximum atomic E-state index is 12.0. The summed E-state index contributed by atoms with van der Waals surface area (Å²) in [6, 6.07) is 5.74. The van der Waals surface area contributed by atoms with Crippen LogP contribution in [-0.2, 0) is 13.1 Å². The molecule has 0 aliphatic carbocycles. The molecule has 0 N–H and O–H groups in total. The summed E-state index contributed by atoms with van der Waals surface area (Å²) in [6.07, 6.45) is -4.67. The lowest BCUT2D eigenvalue weighted by molar-refractivity contribution is -0.274. The predicted molar refractivity (Wildman–Crippen MR) is 73.2 cm³/mol. The van der Waals surface area contributed by atoms with E-state index in [1.54, 1.807) is 12.1 Å². The SMILES string of the molecule is CN(Cc1ccc(OC(F)(F)F)cc1)Cc1nnsc1Cl. The molecule has 0 bridgehead atoms. The van der Waals surface area contributed by atoms with Gasteiger partial charge in [0.2, 0.25) is 0 Å². The van der Waals surface area contributed by atoms with E-state index in [-0.39, 0.29) is 5.75 Å². The summed E-state index contributed by atoms with van der Waals surface area (Å²) in [7, 11) is 1.86. The molecule has 21 heavy (non-hydrogen) atoms. The van der Waals surface area contributed by atoms with Crippen molar-refractivity contribution in [1.82, 2.24) is 14.5 Å². The fourth-order valence-electron chi connectivity index (χ4n) is 1.71. The third kappa shape index (κ3) is 5.14. The van der Waals surface area contributed by atoms with Crippen LogP contribution < -0.4 is 4.74 Å². The van der Waals surface area contributed by atoms with E-state index in [4.69, 9.17) is 11.6 Å². The van der Waals surface area contributed by atoms with Crippen molar-refractivity contribution in [2.75, 3.05) is 7.05 Å². The van der Waals surface area contributed by atoms with E-state index >= 15 is 0 Å². The van der Waals surface area contributed by atoms with Gasteiger partial charge in [-0.25, -0.2) is 0 Å². The molecule has 114 valence electrons. The van der Waals surface area contributed by atoms with Crippen molar-refractivity contribution in [3.63, 3.8) is 0 Å². The molecule has 0 radical (unpaired) electrons. The highest BCUT2D eigenvalue weighted by Gasteiger charge is 2.30. The molecule has 1 aromatic carbocycles. The van der Waals surface area contributed by atoms with Crippen LogP contribution in [0.25, 0.3) is 0 Å². The van der Waals surface area contributed by atoms with Crippen molar-refractivity contribution in [1.29, 1.82) is 0 Å². The minimum absolute atomic E-state index is 0.236. The van der Waals surface area contributed by atoms with Crippen LogP contribution in [0.1, 0.15) is 11.3 Å². The predicted octanol–water partition coefficient (Wildman–Crippen LogP) is 3.72. The Kier molecular flexibility index (Phi) is 5.02.